The van der Waals surface area contributed by atoms with Crippen LogP contribution in [0.3, 0.4) is 0 Å². The minimum absolute atomic E-state index is 0.123. The van der Waals surface area contributed by atoms with Crippen LogP contribution in [0.5, 0.6) is 5.75 Å². The summed E-state index contributed by atoms with van der Waals surface area (Å²) >= 11 is 0. The molecule has 0 aliphatic carbocycles. The maximum Gasteiger partial charge on any atom is 0.252 e. The van der Waals surface area contributed by atoms with Gasteiger partial charge in [0.2, 0.25) is 0 Å². The van der Waals surface area contributed by atoms with Crippen LogP contribution in [0.1, 0.15) is 33.2 Å². The summed E-state index contributed by atoms with van der Waals surface area (Å²) in [5, 5.41) is 0. The molecule has 0 radical (unpaired) electrons. The number of benzene rings is 2. The Labute approximate surface area is 117 Å². The third-order valence-corrected chi connectivity index (χ3v) is 2.85. The van der Waals surface area contributed by atoms with Gasteiger partial charge in [0.05, 0.1) is 12.2 Å². The summed E-state index contributed by atoms with van der Waals surface area (Å²) in [7, 11) is 0. The van der Waals surface area contributed by atoms with Gasteiger partial charge in [-0.15, -0.1) is 0 Å². The second kappa shape index (κ2) is 6.02. The summed E-state index contributed by atoms with van der Waals surface area (Å²) in [4.78, 5) is 23.6. The molecular weight excluding hydrogens is 254 g/mol. The third-order valence-electron chi connectivity index (χ3n) is 2.85. The zero-order valence-corrected chi connectivity index (χ0v) is 11.1. The van der Waals surface area contributed by atoms with Crippen molar-refractivity contribution in [3.8, 4) is 5.75 Å². The predicted molar refractivity (Wildman–Crippen MR) is 76.0 cm³/mol. The summed E-state index contributed by atoms with van der Waals surface area (Å²) in [6, 6.07) is 13.6. The number of ketones is 1. The first-order chi connectivity index (χ1) is 9.63. The van der Waals surface area contributed by atoms with Gasteiger partial charge in [0.15, 0.2) is 5.78 Å². The van der Waals surface area contributed by atoms with Crippen molar-refractivity contribution in [2.75, 3.05) is 6.61 Å². The average Bonchev–Trinajstić information content (AvgIpc) is 2.47. The van der Waals surface area contributed by atoms with Crippen molar-refractivity contribution in [3.63, 3.8) is 0 Å². The SMILES string of the molecule is CCOc1cc(C(=O)c2ccccc2)ccc1C(N)=O. The summed E-state index contributed by atoms with van der Waals surface area (Å²) in [6.07, 6.45) is 0. The van der Waals surface area contributed by atoms with Gasteiger partial charge in [-0.1, -0.05) is 30.3 Å². The predicted octanol–water partition coefficient (Wildman–Crippen LogP) is 2.42. The fraction of sp³-hybridized carbons (Fsp3) is 0.125. The Morgan fingerprint density at radius 1 is 1.05 bits per heavy atom. The van der Waals surface area contributed by atoms with Gasteiger partial charge in [-0.2, -0.15) is 0 Å². The first-order valence-electron chi connectivity index (χ1n) is 6.30. The van der Waals surface area contributed by atoms with Gasteiger partial charge in [0.25, 0.3) is 5.91 Å². The normalized spacial score (nSPS) is 10.1. The Hall–Kier alpha value is -2.62. The molecule has 0 spiro atoms. The van der Waals surface area contributed by atoms with Gasteiger partial charge >= 0.3 is 0 Å². The van der Waals surface area contributed by atoms with Crippen molar-refractivity contribution in [3.05, 3.63) is 65.2 Å². The molecule has 0 unspecified atom stereocenters. The molecule has 0 atom stereocenters. The number of amides is 1. The molecule has 0 saturated carbocycles. The lowest BCUT2D eigenvalue weighted by Gasteiger charge is -2.09. The Kier molecular flexibility index (Phi) is 4.15. The molecular formula is C16H15NO3. The molecule has 1 amide bonds. The maximum atomic E-state index is 12.3. The van der Waals surface area contributed by atoms with Crippen LogP contribution in [0.2, 0.25) is 0 Å². The molecule has 2 rings (SSSR count). The summed E-state index contributed by atoms with van der Waals surface area (Å²) in [5.74, 6) is -0.364. The highest BCUT2D eigenvalue weighted by Crippen LogP contribution is 2.22. The molecule has 0 heterocycles. The molecule has 2 aromatic rings. The number of nitrogens with two attached hydrogens (primary N) is 1. The Morgan fingerprint density at radius 2 is 1.75 bits per heavy atom. The number of hydrogen-bond acceptors (Lipinski definition) is 3. The molecule has 0 aliphatic heterocycles. The van der Waals surface area contributed by atoms with Gasteiger partial charge in [-0.25, -0.2) is 0 Å². The van der Waals surface area contributed by atoms with Gasteiger partial charge in [0, 0.05) is 11.1 Å². The zero-order valence-electron chi connectivity index (χ0n) is 11.1. The van der Waals surface area contributed by atoms with E-state index in [2.05, 4.69) is 0 Å². The quantitative estimate of drug-likeness (QED) is 0.847. The molecule has 2 aromatic carbocycles. The first-order valence-corrected chi connectivity index (χ1v) is 6.30. The van der Waals surface area contributed by atoms with E-state index in [0.717, 1.165) is 0 Å². The van der Waals surface area contributed by atoms with E-state index in [1.165, 1.54) is 6.07 Å². The van der Waals surface area contributed by atoms with Gasteiger partial charge < -0.3 is 10.5 Å². The van der Waals surface area contributed by atoms with Crippen molar-refractivity contribution in [2.24, 2.45) is 5.73 Å². The fourth-order valence-corrected chi connectivity index (χ4v) is 1.90. The van der Waals surface area contributed by atoms with Crippen LogP contribution in [0.15, 0.2) is 48.5 Å². The van der Waals surface area contributed by atoms with Crippen LogP contribution < -0.4 is 10.5 Å². The number of primary amides is 1. The molecule has 4 heteroatoms. The number of carbonyl (C=O) groups is 2. The molecule has 0 bridgehead atoms. The molecule has 102 valence electrons. The second-order valence-electron chi connectivity index (χ2n) is 4.20. The minimum atomic E-state index is -0.577. The van der Waals surface area contributed by atoms with E-state index in [0.29, 0.717) is 23.5 Å². The van der Waals surface area contributed by atoms with Crippen molar-refractivity contribution in [1.29, 1.82) is 0 Å². The van der Waals surface area contributed by atoms with Gasteiger partial charge in [-0.3, -0.25) is 9.59 Å². The van der Waals surface area contributed by atoms with Crippen molar-refractivity contribution < 1.29 is 14.3 Å². The first kappa shape index (κ1) is 13.8. The molecule has 0 saturated heterocycles. The summed E-state index contributed by atoms with van der Waals surface area (Å²) < 4.78 is 5.37. The monoisotopic (exact) mass is 269 g/mol. The van der Waals surface area contributed by atoms with Gasteiger partial charge in [0.1, 0.15) is 5.75 Å². The standard InChI is InChI=1S/C16H15NO3/c1-2-20-14-10-12(8-9-13(14)16(17)19)15(18)11-6-4-3-5-7-11/h3-10H,2H2,1H3,(H2,17,19). The van der Waals surface area contributed by atoms with Crippen LogP contribution in [0.25, 0.3) is 0 Å². The minimum Gasteiger partial charge on any atom is -0.493 e. The highest BCUT2D eigenvalue weighted by Gasteiger charge is 2.14. The molecule has 0 aromatic heterocycles. The van der Waals surface area contributed by atoms with Crippen molar-refractivity contribution in [1.82, 2.24) is 0 Å². The van der Waals surface area contributed by atoms with Crippen LogP contribution in [0.4, 0.5) is 0 Å². The highest BCUT2D eigenvalue weighted by atomic mass is 16.5. The number of carbonyl (C=O) groups excluding carboxylic acids is 2. The number of ether oxygens (including phenoxy) is 1. The van der Waals surface area contributed by atoms with E-state index >= 15 is 0 Å². The molecule has 20 heavy (non-hydrogen) atoms. The van der Waals surface area contributed by atoms with E-state index in [-0.39, 0.29) is 11.3 Å². The maximum absolute atomic E-state index is 12.3. The molecule has 0 aliphatic rings. The van der Waals surface area contributed by atoms with Crippen LogP contribution in [-0.2, 0) is 0 Å². The van der Waals surface area contributed by atoms with Gasteiger partial charge in [-0.05, 0) is 25.1 Å². The smallest absolute Gasteiger partial charge is 0.252 e. The lowest BCUT2D eigenvalue weighted by atomic mass is 10.0. The van der Waals surface area contributed by atoms with Crippen LogP contribution in [-0.4, -0.2) is 18.3 Å². The van der Waals surface area contributed by atoms with E-state index < -0.39 is 5.91 Å². The van der Waals surface area contributed by atoms with Crippen LogP contribution in [0, 0.1) is 0 Å². The zero-order chi connectivity index (χ0) is 14.5. The summed E-state index contributed by atoms with van der Waals surface area (Å²) in [6.45, 7) is 2.19. The van der Waals surface area contributed by atoms with Crippen molar-refractivity contribution >= 4 is 11.7 Å². The lowest BCUT2D eigenvalue weighted by Crippen LogP contribution is -2.14. The van der Waals surface area contributed by atoms with E-state index in [1.54, 1.807) is 43.3 Å². The Morgan fingerprint density at radius 3 is 2.35 bits per heavy atom. The second-order valence-corrected chi connectivity index (χ2v) is 4.20. The number of rotatable bonds is 5. The highest BCUT2D eigenvalue weighted by molar-refractivity contribution is 6.10. The topological polar surface area (TPSA) is 69.4 Å². The molecule has 2 N–H and O–H groups in total. The Bertz CT molecular complexity index is 635. The third kappa shape index (κ3) is 2.85. The van der Waals surface area contributed by atoms with Crippen LogP contribution >= 0.6 is 0 Å². The van der Waals surface area contributed by atoms with Crippen molar-refractivity contribution in [2.45, 2.75) is 6.92 Å². The average molecular weight is 269 g/mol. The lowest BCUT2D eigenvalue weighted by molar-refractivity contribution is 0.0992. The van der Waals surface area contributed by atoms with E-state index in [9.17, 15) is 9.59 Å². The van der Waals surface area contributed by atoms with E-state index in [4.69, 9.17) is 10.5 Å². The largest absolute Gasteiger partial charge is 0.493 e. The summed E-state index contributed by atoms with van der Waals surface area (Å²) in [5.41, 5.74) is 6.60. The fourth-order valence-electron chi connectivity index (χ4n) is 1.90. The Balaban J connectivity index is 2.41. The van der Waals surface area contributed by atoms with E-state index in [1.807, 2.05) is 6.07 Å². The number of hydrogen-bond donors (Lipinski definition) is 1. The molecule has 0 fully saturated rings. The molecule has 4 nitrogen and oxygen atoms in total.